The van der Waals surface area contributed by atoms with E-state index in [0.29, 0.717) is 0 Å². The zero-order chi connectivity index (χ0) is 17.7. The highest BCUT2D eigenvalue weighted by molar-refractivity contribution is 5.83. The summed E-state index contributed by atoms with van der Waals surface area (Å²) in [6.07, 6.45) is 2.78. The van der Waals surface area contributed by atoms with Crippen molar-refractivity contribution < 1.29 is 4.79 Å². The number of carbonyl (C=O) groups excluding carboxylic acids is 1. The molecular weight excluding hydrogens is 308 g/mol. The van der Waals surface area contributed by atoms with Crippen molar-refractivity contribution in [3.63, 3.8) is 0 Å². The molecule has 1 heterocycles. The normalized spacial score (nSPS) is 20.4. The minimum atomic E-state index is -0.337. The molecule has 3 rings (SSSR count). The molecule has 0 aromatic heterocycles. The third kappa shape index (κ3) is 4.29. The van der Waals surface area contributed by atoms with Crippen LogP contribution in [0.5, 0.6) is 0 Å². The Bertz CT molecular complexity index is 686. The van der Waals surface area contributed by atoms with E-state index >= 15 is 0 Å². The van der Waals surface area contributed by atoms with Crippen LogP contribution >= 0.6 is 0 Å². The van der Waals surface area contributed by atoms with Gasteiger partial charge in [0, 0.05) is 12.6 Å². The Labute approximate surface area is 150 Å². The largest absolute Gasteiger partial charge is 0.353 e. The Hall–Kier alpha value is -2.13. The quantitative estimate of drug-likeness (QED) is 0.872. The highest BCUT2D eigenvalue weighted by atomic mass is 16.2. The minimum absolute atomic E-state index is 0.173. The second-order valence-corrected chi connectivity index (χ2v) is 7.43. The second-order valence-electron chi connectivity index (χ2n) is 7.43. The molecule has 1 atom stereocenters. The van der Waals surface area contributed by atoms with Gasteiger partial charge in [-0.3, -0.25) is 4.79 Å². The molecule has 3 nitrogen and oxygen atoms in total. The van der Waals surface area contributed by atoms with Crippen LogP contribution in [0.3, 0.4) is 0 Å². The average Bonchev–Trinajstić information content (AvgIpc) is 2.63. The maximum Gasteiger partial charge on any atom is 0.228 e. The maximum absolute atomic E-state index is 12.9. The molecule has 0 unspecified atom stereocenters. The zero-order valence-electron chi connectivity index (χ0n) is 15.2. The molecule has 2 aromatic carbocycles. The van der Waals surface area contributed by atoms with E-state index in [1.165, 1.54) is 16.7 Å². The van der Waals surface area contributed by atoms with Gasteiger partial charge in [-0.1, -0.05) is 54.6 Å². The molecule has 0 aliphatic carbocycles. The van der Waals surface area contributed by atoms with Gasteiger partial charge in [-0.15, -0.1) is 0 Å². The van der Waals surface area contributed by atoms with Crippen LogP contribution in [-0.2, 0) is 11.2 Å². The van der Waals surface area contributed by atoms with Crippen molar-refractivity contribution in [3.8, 4) is 11.1 Å². The van der Waals surface area contributed by atoms with Gasteiger partial charge in [0.05, 0.1) is 5.41 Å². The Morgan fingerprint density at radius 2 is 1.76 bits per heavy atom. The van der Waals surface area contributed by atoms with Gasteiger partial charge in [0.15, 0.2) is 0 Å². The van der Waals surface area contributed by atoms with E-state index in [1.54, 1.807) is 0 Å². The van der Waals surface area contributed by atoms with Crippen molar-refractivity contribution in [1.29, 1.82) is 0 Å². The summed E-state index contributed by atoms with van der Waals surface area (Å²) in [7, 11) is 0. The summed E-state index contributed by atoms with van der Waals surface area (Å²) in [6, 6.07) is 19.2. The Kier molecular flexibility index (Phi) is 5.54. The number of amides is 1. The standard InChI is InChI=1S/C22H28N2O/c1-17(2)24-21(25)22(13-6-14-23-16-22)15-18-9-11-20(12-10-18)19-7-4-3-5-8-19/h3-5,7-12,17,23H,6,13-16H2,1-2H3,(H,24,25)/t22-/m0/s1. The average molecular weight is 336 g/mol. The summed E-state index contributed by atoms with van der Waals surface area (Å²) < 4.78 is 0. The number of hydrogen-bond donors (Lipinski definition) is 2. The molecule has 0 radical (unpaired) electrons. The number of hydrogen-bond acceptors (Lipinski definition) is 2. The molecule has 0 saturated carbocycles. The molecule has 1 aliphatic heterocycles. The van der Waals surface area contributed by atoms with Crippen molar-refractivity contribution in [2.45, 2.75) is 39.2 Å². The topological polar surface area (TPSA) is 41.1 Å². The first-order chi connectivity index (χ1) is 12.1. The number of rotatable bonds is 5. The van der Waals surface area contributed by atoms with Crippen LogP contribution in [0.2, 0.25) is 0 Å². The molecule has 1 aliphatic rings. The van der Waals surface area contributed by atoms with Crippen molar-refractivity contribution in [2.24, 2.45) is 5.41 Å². The van der Waals surface area contributed by atoms with E-state index in [9.17, 15) is 4.79 Å². The van der Waals surface area contributed by atoms with Crippen LogP contribution in [0.1, 0.15) is 32.3 Å². The van der Waals surface area contributed by atoms with Crippen LogP contribution < -0.4 is 10.6 Å². The molecule has 0 spiro atoms. The van der Waals surface area contributed by atoms with Crippen LogP contribution in [-0.4, -0.2) is 25.0 Å². The van der Waals surface area contributed by atoms with Gasteiger partial charge in [-0.05, 0) is 56.3 Å². The van der Waals surface area contributed by atoms with E-state index in [1.807, 2.05) is 19.9 Å². The molecule has 2 N–H and O–H groups in total. The van der Waals surface area contributed by atoms with Crippen molar-refractivity contribution in [2.75, 3.05) is 13.1 Å². The lowest BCUT2D eigenvalue weighted by atomic mass is 9.74. The molecule has 3 heteroatoms. The fourth-order valence-electron chi connectivity index (χ4n) is 3.64. The van der Waals surface area contributed by atoms with E-state index in [-0.39, 0.29) is 17.4 Å². The number of carbonyl (C=O) groups is 1. The van der Waals surface area contributed by atoms with Crippen molar-refractivity contribution in [3.05, 3.63) is 60.2 Å². The molecule has 25 heavy (non-hydrogen) atoms. The zero-order valence-corrected chi connectivity index (χ0v) is 15.2. The van der Waals surface area contributed by atoms with E-state index in [4.69, 9.17) is 0 Å². The highest BCUT2D eigenvalue weighted by Crippen LogP contribution is 2.32. The predicted octanol–water partition coefficient (Wildman–Crippen LogP) is 3.79. The van der Waals surface area contributed by atoms with Gasteiger partial charge in [-0.25, -0.2) is 0 Å². The maximum atomic E-state index is 12.9. The molecule has 0 bridgehead atoms. The Morgan fingerprint density at radius 1 is 1.08 bits per heavy atom. The number of piperidine rings is 1. The van der Waals surface area contributed by atoms with Gasteiger partial charge in [0.2, 0.25) is 5.91 Å². The monoisotopic (exact) mass is 336 g/mol. The summed E-state index contributed by atoms with van der Waals surface area (Å²) in [5.74, 6) is 0.182. The first kappa shape index (κ1) is 17.7. The van der Waals surface area contributed by atoms with Gasteiger partial charge >= 0.3 is 0 Å². The highest BCUT2D eigenvalue weighted by Gasteiger charge is 2.39. The van der Waals surface area contributed by atoms with Crippen molar-refractivity contribution in [1.82, 2.24) is 10.6 Å². The van der Waals surface area contributed by atoms with Crippen molar-refractivity contribution >= 4 is 5.91 Å². The summed E-state index contributed by atoms with van der Waals surface area (Å²) in [4.78, 5) is 12.9. The van der Waals surface area contributed by atoms with Crippen LogP contribution in [0, 0.1) is 5.41 Å². The Balaban J connectivity index is 1.79. The lowest BCUT2D eigenvalue weighted by Crippen LogP contribution is -2.53. The molecule has 2 aromatic rings. The van der Waals surface area contributed by atoms with Crippen LogP contribution in [0.25, 0.3) is 11.1 Å². The van der Waals surface area contributed by atoms with E-state index in [0.717, 1.165) is 32.4 Å². The minimum Gasteiger partial charge on any atom is -0.353 e. The summed E-state index contributed by atoms with van der Waals surface area (Å²) in [6.45, 7) is 5.81. The lowest BCUT2D eigenvalue weighted by Gasteiger charge is -2.37. The lowest BCUT2D eigenvalue weighted by molar-refractivity contribution is -0.132. The predicted molar refractivity (Wildman–Crippen MR) is 103 cm³/mol. The molecular formula is C22H28N2O. The SMILES string of the molecule is CC(C)NC(=O)[C@]1(Cc2ccc(-c3ccccc3)cc2)CCCNC1. The van der Waals surface area contributed by atoms with Gasteiger partial charge in [0.25, 0.3) is 0 Å². The fourth-order valence-corrected chi connectivity index (χ4v) is 3.64. The van der Waals surface area contributed by atoms with Gasteiger partial charge in [-0.2, -0.15) is 0 Å². The van der Waals surface area contributed by atoms with E-state index < -0.39 is 0 Å². The first-order valence-corrected chi connectivity index (χ1v) is 9.25. The number of benzene rings is 2. The molecule has 1 fully saturated rings. The first-order valence-electron chi connectivity index (χ1n) is 9.25. The molecule has 132 valence electrons. The molecule has 1 amide bonds. The van der Waals surface area contributed by atoms with Gasteiger partial charge in [0.1, 0.15) is 0 Å². The summed E-state index contributed by atoms with van der Waals surface area (Å²) >= 11 is 0. The van der Waals surface area contributed by atoms with Crippen LogP contribution in [0.15, 0.2) is 54.6 Å². The van der Waals surface area contributed by atoms with Crippen LogP contribution in [0.4, 0.5) is 0 Å². The third-order valence-electron chi connectivity index (χ3n) is 4.98. The Morgan fingerprint density at radius 3 is 2.36 bits per heavy atom. The third-order valence-corrected chi connectivity index (χ3v) is 4.98. The van der Waals surface area contributed by atoms with Gasteiger partial charge < -0.3 is 10.6 Å². The fraction of sp³-hybridized carbons (Fsp3) is 0.409. The smallest absolute Gasteiger partial charge is 0.228 e. The molecule has 1 saturated heterocycles. The van der Waals surface area contributed by atoms with E-state index in [2.05, 4.69) is 59.2 Å². The number of nitrogens with one attached hydrogen (secondary N) is 2. The second kappa shape index (κ2) is 7.83. The summed E-state index contributed by atoms with van der Waals surface area (Å²) in [5, 5.41) is 6.56. The summed E-state index contributed by atoms with van der Waals surface area (Å²) in [5.41, 5.74) is 3.33.